The molecule has 2 amide bonds. The van der Waals surface area contributed by atoms with Gasteiger partial charge in [-0.25, -0.2) is 0 Å². The number of hydrogen-bond donors (Lipinski definition) is 1. The average Bonchev–Trinajstić information content (AvgIpc) is 3.00. The van der Waals surface area contributed by atoms with Crippen LogP contribution in [0.15, 0.2) is 30.3 Å². The molecule has 0 spiro atoms. The fourth-order valence-electron chi connectivity index (χ4n) is 2.50. The Morgan fingerprint density at radius 3 is 2.50 bits per heavy atom. The van der Waals surface area contributed by atoms with Gasteiger partial charge in [-0.05, 0) is 24.3 Å². The van der Waals surface area contributed by atoms with Crippen molar-refractivity contribution in [2.75, 3.05) is 19.6 Å². The number of amides is 2. The number of hydrogen-bond acceptors (Lipinski definition) is 2. The molecule has 1 aromatic carbocycles. The van der Waals surface area contributed by atoms with Crippen LogP contribution in [0.1, 0.15) is 37.7 Å². The van der Waals surface area contributed by atoms with Crippen LogP contribution in [-0.4, -0.2) is 36.3 Å². The maximum absolute atomic E-state index is 11.9. The lowest BCUT2D eigenvalue weighted by atomic mass is 9.98. The first-order chi connectivity index (χ1) is 9.66. The Labute approximate surface area is 120 Å². The topological polar surface area (TPSA) is 49.4 Å². The van der Waals surface area contributed by atoms with E-state index >= 15 is 0 Å². The molecule has 2 rings (SSSR count). The van der Waals surface area contributed by atoms with E-state index in [0.717, 1.165) is 31.5 Å². The van der Waals surface area contributed by atoms with Crippen LogP contribution in [0, 0.1) is 0 Å². The van der Waals surface area contributed by atoms with Crippen molar-refractivity contribution in [1.29, 1.82) is 0 Å². The molecule has 1 atom stereocenters. The zero-order valence-corrected chi connectivity index (χ0v) is 12.0. The number of likely N-dealkylation sites (tertiary alicyclic amines) is 1. The maximum atomic E-state index is 11.9. The molecule has 1 fully saturated rings. The van der Waals surface area contributed by atoms with Crippen molar-refractivity contribution >= 4 is 11.8 Å². The molecule has 1 aliphatic heterocycles. The average molecular weight is 274 g/mol. The van der Waals surface area contributed by atoms with Gasteiger partial charge in [0, 0.05) is 19.5 Å². The Balaban J connectivity index is 1.73. The maximum Gasteiger partial charge on any atom is 0.241 e. The Hall–Kier alpha value is -1.84. The summed E-state index contributed by atoms with van der Waals surface area (Å²) < 4.78 is 0. The Kier molecular flexibility index (Phi) is 5.16. The lowest BCUT2D eigenvalue weighted by molar-refractivity contribution is -0.132. The van der Waals surface area contributed by atoms with Crippen LogP contribution in [0.25, 0.3) is 0 Å². The minimum absolute atomic E-state index is 0.0308. The highest BCUT2D eigenvalue weighted by Gasteiger charge is 2.18. The minimum Gasteiger partial charge on any atom is -0.347 e. The molecule has 0 radical (unpaired) electrons. The number of rotatable bonds is 5. The Bertz CT molecular complexity index is 453. The van der Waals surface area contributed by atoms with Crippen molar-refractivity contribution in [1.82, 2.24) is 10.2 Å². The lowest BCUT2D eigenvalue weighted by Gasteiger charge is -2.16. The third-order valence-electron chi connectivity index (χ3n) is 3.76. The summed E-state index contributed by atoms with van der Waals surface area (Å²) in [6, 6.07) is 9.95. The molecule has 1 aliphatic rings. The van der Waals surface area contributed by atoms with Crippen molar-refractivity contribution in [2.24, 2.45) is 0 Å². The number of carbonyl (C=O) groups is 2. The van der Waals surface area contributed by atoms with Crippen LogP contribution in [0.4, 0.5) is 0 Å². The van der Waals surface area contributed by atoms with Crippen LogP contribution in [-0.2, 0) is 9.59 Å². The smallest absolute Gasteiger partial charge is 0.241 e. The first kappa shape index (κ1) is 14.6. The second-order valence-corrected chi connectivity index (χ2v) is 5.38. The molecular formula is C16H22N2O2. The van der Waals surface area contributed by atoms with Gasteiger partial charge >= 0.3 is 0 Å². The lowest BCUT2D eigenvalue weighted by Crippen LogP contribution is -2.38. The fraction of sp³-hybridized carbons (Fsp3) is 0.500. The molecule has 1 heterocycles. The predicted molar refractivity (Wildman–Crippen MR) is 78.3 cm³/mol. The second kappa shape index (κ2) is 7.08. The highest BCUT2D eigenvalue weighted by atomic mass is 16.2. The fourth-order valence-corrected chi connectivity index (χ4v) is 2.50. The molecule has 108 valence electrons. The van der Waals surface area contributed by atoms with Crippen molar-refractivity contribution in [3.8, 4) is 0 Å². The van der Waals surface area contributed by atoms with Gasteiger partial charge in [-0.2, -0.15) is 0 Å². The molecule has 0 saturated carbocycles. The zero-order chi connectivity index (χ0) is 14.4. The van der Waals surface area contributed by atoms with Gasteiger partial charge in [0.05, 0.1) is 6.54 Å². The van der Waals surface area contributed by atoms with Gasteiger partial charge < -0.3 is 10.2 Å². The molecule has 0 aromatic heterocycles. The highest BCUT2D eigenvalue weighted by Crippen LogP contribution is 2.18. The summed E-state index contributed by atoms with van der Waals surface area (Å²) in [4.78, 5) is 25.5. The monoisotopic (exact) mass is 274 g/mol. The molecule has 0 aliphatic carbocycles. The zero-order valence-electron chi connectivity index (χ0n) is 12.0. The summed E-state index contributed by atoms with van der Waals surface area (Å²) in [5.74, 6) is 0.134. The molecule has 4 nitrogen and oxygen atoms in total. The standard InChI is InChI=1S/C16H22N2O2/c1-13(14-7-3-2-4-8-14)11-15(19)17-12-16(20)18-9-5-6-10-18/h2-4,7-8,13H,5-6,9-12H2,1H3,(H,17,19). The third kappa shape index (κ3) is 4.08. The second-order valence-electron chi connectivity index (χ2n) is 5.38. The first-order valence-electron chi connectivity index (χ1n) is 7.26. The Morgan fingerprint density at radius 2 is 1.85 bits per heavy atom. The normalized spacial score (nSPS) is 15.9. The van der Waals surface area contributed by atoms with E-state index in [1.807, 2.05) is 42.2 Å². The SMILES string of the molecule is CC(CC(=O)NCC(=O)N1CCCC1)c1ccccc1. The summed E-state index contributed by atoms with van der Waals surface area (Å²) in [6.07, 6.45) is 2.56. The van der Waals surface area contributed by atoms with E-state index in [-0.39, 0.29) is 24.3 Å². The van der Waals surface area contributed by atoms with Gasteiger partial charge in [0.2, 0.25) is 11.8 Å². The van der Waals surface area contributed by atoms with E-state index in [2.05, 4.69) is 5.32 Å². The number of benzene rings is 1. The molecule has 1 N–H and O–H groups in total. The molecular weight excluding hydrogens is 252 g/mol. The van der Waals surface area contributed by atoms with E-state index < -0.39 is 0 Å². The molecule has 1 unspecified atom stereocenters. The van der Waals surface area contributed by atoms with E-state index in [4.69, 9.17) is 0 Å². The third-order valence-corrected chi connectivity index (χ3v) is 3.76. The summed E-state index contributed by atoms with van der Waals surface area (Å²) in [7, 11) is 0. The molecule has 20 heavy (non-hydrogen) atoms. The van der Waals surface area contributed by atoms with Crippen molar-refractivity contribution in [2.45, 2.75) is 32.1 Å². The first-order valence-corrected chi connectivity index (χ1v) is 7.26. The predicted octanol–water partition coefficient (Wildman–Crippen LogP) is 1.92. The molecule has 1 saturated heterocycles. The number of carbonyl (C=O) groups excluding carboxylic acids is 2. The molecule has 4 heteroatoms. The quantitative estimate of drug-likeness (QED) is 0.891. The largest absolute Gasteiger partial charge is 0.347 e. The van der Waals surface area contributed by atoms with E-state index in [0.29, 0.717) is 6.42 Å². The minimum atomic E-state index is -0.0612. The molecule has 1 aromatic rings. The van der Waals surface area contributed by atoms with Gasteiger partial charge in [0.25, 0.3) is 0 Å². The number of nitrogens with one attached hydrogen (secondary N) is 1. The van der Waals surface area contributed by atoms with Gasteiger partial charge in [0.15, 0.2) is 0 Å². The number of nitrogens with zero attached hydrogens (tertiary/aromatic N) is 1. The van der Waals surface area contributed by atoms with Crippen molar-refractivity contribution in [3.63, 3.8) is 0 Å². The summed E-state index contributed by atoms with van der Waals surface area (Å²) in [5, 5.41) is 2.73. The Morgan fingerprint density at radius 1 is 1.20 bits per heavy atom. The van der Waals surface area contributed by atoms with Crippen molar-refractivity contribution in [3.05, 3.63) is 35.9 Å². The van der Waals surface area contributed by atoms with Gasteiger partial charge in [0.1, 0.15) is 0 Å². The summed E-state index contributed by atoms with van der Waals surface area (Å²) in [6.45, 7) is 3.81. The van der Waals surface area contributed by atoms with Crippen molar-refractivity contribution < 1.29 is 9.59 Å². The summed E-state index contributed by atoms with van der Waals surface area (Å²) in [5.41, 5.74) is 1.15. The van der Waals surface area contributed by atoms with Crippen LogP contribution in [0.2, 0.25) is 0 Å². The van der Waals surface area contributed by atoms with Gasteiger partial charge in [-0.15, -0.1) is 0 Å². The van der Waals surface area contributed by atoms with Gasteiger partial charge in [-0.1, -0.05) is 37.3 Å². The van der Waals surface area contributed by atoms with Crippen LogP contribution < -0.4 is 5.32 Å². The molecule has 0 bridgehead atoms. The van der Waals surface area contributed by atoms with E-state index in [1.165, 1.54) is 0 Å². The van der Waals surface area contributed by atoms with E-state index in [9.17, 15) is 9.59 Å². The van der Waals surface area contributed by atoms with Crippen LogP contribution in [0.5, 0.6) is 0 Å². The van der Waals surface area contributed by atoms with Crippen LogP contribution >= 0.6 is 0 Å². The van der Waals surface area contributed by atoms with Crippen LogP contribution in [0.3, 0.4) is 0 Å². The highest BCUT2D eigenvalue weighted by molar-refractivity contribution is 5.85. The van der Waals surface area contributed by atoms with E-state index in [1.54, 1.807) is 0 Å². The summed E-state index contributed by atoms with van der Waals surface area (Å²) >= 11 is 0. The van der Waals surface area contributed by atoms with Gasteiger partial charge in [-0.3, -0.25) is 9.59 Å².